The Morgan fingerprint density at radius 2 is 2.19 bits per heavy atom. The van der Waals surface area contributed by atoms with E-state index in [4.69, 9.17) is 4.42 Å². The van der Waals surface area contributed by atoms with Gasteiger partial charge in [0.25, 0.3) is 5.91 Å². The van der Waals surface area contributed by atoms with Gasteiger partial charge in [-0.05, 0) is 38.0 Å². The number of aryl methyl sites for hydroxylation is 2. The van der Waals surface area contributed by atoms with Crippen LogP contribution in [0.2, 0.25) is 0 Å². The van der Waals surface area contributed by atoms with E-state index in [2.05, 4.69) is 5.10 Å². The SMILES string of the molecule is CC[C@H](O)c1cc2n(n1)CCCN(C(=O)c1cccc3cc(C)oc13)C2. The molecule has 0 saturated heterocycles. The number of furan rings is 1. The van der Waals surface area contributed by atoms with E-state index in [0.29, 0.717) is 36.4 Å². The minimum absolute atomic E-state index is 0.0304. The van der Waals surface area contributed by atoms with Gasteiger partial charge in [0.05, 0.1) is 29.6 Å². The fraction of sp³-hybridized carbons (Fsp3) is 0.400. The molecule has 2 aromatic heterocycles. The van der Waals surface area contributed by atoms with Crippen molar-refractivity contribution in [3.05, 3.63) is 53.0 Å². The molecule has 0 unspecified atom stereocenters. The number of fused-ring (bicyclic) bond motifs is 2. The first kappa shape index (κ1) is 16.8. The third-order valence-corrected chi connectivity index (χ3v) is 4.95. The van der Waals surface area contributed by atoms with Crippen LogP contribution in [0, 0.1) is 6.92 Å². The molecule has 1 aliphatic rings. The van der Waals surface area contributed by atoms with Crippen molar-refractivity contribution in [3.63, 3.8) is 0 Å². The molecule has 26 heavy (non-hydrogen) atoms. The summed E-state index contributed by atoms with van der Waals surface area (Å²) in [6.07, 6.45) is 0.896. The van der Waals surface area contributed by atoms with Crippen LogP contribution in [0.3, 0.4) is 0 Å². The van der Waals surface area contributed by atoms with Gasteiger partial charge < -0.3 is 14.4 Å². The van der Waals surface area contributed by atoms with Gasteiger partial charge in [0.2, 0.25) is 0 Å². The summed E-state index contributed by atoms with van der Waals surface area (Å²) < 4.78 is 7.68. The van der Waals surface area contributed by atoms with Crippen molar-refractivity contribution in [2.75, 3.05) is 6.54 Å². The minimum atomic E-state index is -0.557. The zero-order valence-corrected chi connectivity index (χ0v) is 15.1. The van der Waals surface area contributed by atoms with Crippen molar-refractivity contribution in [2.24, 2.45) is 0 Å². The maximum absolute atomic E-state index is 13.2. The predicted octanol–water partition coefficient (Wildman–Crippen LogP) is 3.43. The monoisotopic (exact) mass is 353 g/mol. The molecular formula is C20H23N3O3. The van der Waals surface area contributed by atoms with Crippen LogP contribution in [0.1, 0.15) is 53.4 Å². The molecule has 0 fully saturated rings. The zero-order chi connectivity index (χ0) is 18.3. The molecule has 3 heterocycles. The number of aliphatic hydroxyl groups is 1. The van der Waals surface area contributed by atoms with Crippen LogP contribution in [0.4, 0.5) is 0 Å². The van der Waals surface area contributed by atoms with E-state index in [1.165, 1.54) is 0 Å². The zero-order valence-electron chi connectivity index (χ0n) is 15.1. The summed E-state index contributed by atoms with van der Waals surface area (Å²) in [5.41, 5.74) is 2.88. The van der Waals surface area contributed by atoms with Crippen LogP contribution in [0.25, 0.3) is 11.0 Å². The fourth-order valence-corrected chi connectivity index (χ4v) is 3.56. The van der Waals surface area contributed by atoms with Crippen molar-refractivity contribution in [1.29, 1.82) is 0 Å². The second-order valence-corrected chi connectivity index (χ2v) is 6.87. The molecular weight excluding hydrogens is 330 g/mol. The number of aromatic nitrogens is 2. The third-order valence-electron chi connectivity index (χ3n) is 4.95. The largest absolute Gasteiger partial charge is 0.461 e. The van der Waals surface area contributed by atoms with Crippen LogP contribution < -0.4 is 0 Å². The number of amides is 1. The van der Waals surface area contributed by atoms with E-state index in [0.717, 1.165) is 29.8 Å². The normalized spacial score (nSPS) is 15.7. The number of carbonyl (C=O) groups excluding carboxylic acids is 1. The van der Waals surface area contributed by atoms with Crippen LogP contribution >= 0.6 is 0 Å². The lowest BCUT2D eigenvalue weighted by Crippen LogP contribution is -2.30. The maximum Gasteiger partial charge on any atom is 0.258 e. The Kier molecular flexibility index (Phi) is 4.28. The molecule has 6 nitrogen and oxygen atoms in total. The second-order valence-electron chi connectivity index (χ2n) is 6.87. The Morgan fingerprint density at radius 1 is 1.35 bits per heavy atom. The highest BCUT2D eigenvalue weighted by Crippen LogP contribution is 2.26. The number of nitrogens with zero attached hydrogens (tertiary/aromatic N) is 3. The smallest absolute Gasteiger partial charge is 0.258 e. The summed E-state index contributed by atoms with van der Waals surface area (Å²) in [5, 5.41) is 15.5. The molecule has 1 N–H and O–H groups in total. The van der Waals surface area contributed by atoms with Crippen molar-refractivity contribution in [3.8, 4) is 0 Å². The third kappa shape index (κ3) is 2.90. The van der Waals surface area contributed by atoms with Gasteiger partial charge in [-0.25, -0.2) is 0 Å². The molecule has 0 radical (unpaired) electrons. The first-order valence-electron chi connectivity index (χ1n) is 9.10. The Morgan fingerprint density at radius 3 is 3.00 bits per heavy atom. The lowest BCUT2D eigenvalue weighted by molar-refractivity contribution is 0.0746. The standard InChI is InChI=1S/C20H23N3O3/c1-3-18(24)17-11-15-12-22(8-5-9-23(15)21-17)20(25)16-7-4-6-14-10-13(2)26-19(14)16/h4,6-7,10-11,18,24H,3,5,8-9,12H2,1-2H3/t18-/m0/s1. The topological polar surface area (TPSA) is 71.5 Å². The molecule has 1 amide bonds. The number of rotatable bonds is 3. The summed E-state index contributed by atoms with van der Waals surface area (Å²) in [6, 6.07) is 9.53. The number of hydrogen-bond donors (Lipinski definition) is 1. The van der Waals surface area contributed by atoms with E-state index in [1.807, 2.05) is 53.8 Å². The first-order valence-corrected chi connectivity index (χ1v) is 9.10. The molecule has 136 valence electrons. The van der Waals surface area contributed by atoms with Crippen molar-refractivity contribution in [2.45, 2.75) is 45.9 Å². The molecule has 0 aliphatic carbocycles. The highest BCUT2D eigenvalue weighted by Gasteiger charge is 2.25. The van der Waals surface area contributed by atoms with Crippen LogP contribution in [0.15, 0.2) is 34.7 Å². The Bertz CT molecular complexity index is 957. The highest BCUT2D eigenvalue weighted by molar-refractivity contribution is 6.05. The van der Waals surface area contributed by atoms with Gasteiger partial charge in [-0.15, -0.1) is 0 Å². The number of benzene rings is 1. The highest BCUT2D eigenvalue weighted by atomic mass is 16.3. The van der Waals surface area contributed by atoms with Crippen LogP contribution in [0.5, 0.6) is 0 Å². The van der Waals surface area contributed by atoms with Gasteiger partial charge in [0.1, 0.15) is 11.3 Å². The number of carbonyl (C=O) groups is 1. The molecule has 0 spiro atoms. The molecule has 6 heteroatoms. The lowest BCUT2D eigenvalue weighted by atomic mass is 10.1. The number of aliphatic hydroxyl groups excluding tert-OH is 1. The summed E-state index contributed by atoms with van der Waals surface area (Å²) in [6.45, 7) is 5.72. The average Bonchev–Trinajstić information content (AvgIpc) is 3.16. The fourth-order valence-electron chi connectivity index (χ4n) is 3.56. The molecule has 0 saturated carbocycles. The molecule has 1 atom stereocenters. The van der Waals surface area contributed by atoms with E-state index in [1.54, 1.807) is 0 Å². The quantitative estimate of drug-likeness (QED) is 0.783. The Labute approximate surface area is 152 Å². The lowest BCUT2D eigenvalue weighted by Gasteiger charge is -2.20. The first-order chi connectivity index (χ1) is 12.6. The summed E-state index contributed by atoms with van der Waals surface area (Å²) >= 11 is 0. The average molecular weight is 353 g/mol. The van der Waals surface area contributed by atoms with E-state index in [9.17, 15) is 9.90 Å². The molecule has 0 bridgehead atoms. The van der Waals surface area contributed by atoms with Crippen molar-refractivity contribution in [1.82, 2.24) is 14.7 Å². The Hall–Kier alpha value is -2.60. The van der Waals surface area contributed by atoms with Gasteiger partial charge in [-0.1, -0.05) is 19.1 Å². The Balaban J connectivity index is 1.65. The number of para-hydroxylation sites is 1. The summed E-state index contributed by atoms with van der Waals surface area (Å²) in [5.74, 6) is 0.768. The molecule has 4 rings (SSSR count). The van der Waals surface area contributed by atoms with Gasteiger partial charge in [0, 0.05) is 18.5 Å². The van der Waals surface area contributed by atoms with Crippen LogP contribution in [-0.4, -0.2) is 32.2 Å². The van der Waals surface area contributed by atoms with Gasteiger partial charge >= 0.3 is 0 Å². The van der Waals surface area contributed by atoms with Gasteiger partial charge in [-0.3, -0.25) is 9.48 Å². The molecule has 1 aliphatic heterocycles. The second kappa shape index (κ2) is 6.61. The van der Waals surface area contributed by atoms with Crippen LogP contribution in [-0.2, 0) is 13.1 Å². The van der Waals surface area contributed by atoms with Gasteiger partial charge in [0.15, 0.2) is 0 Å². The number of hydrogen-bond acceptors (Lipinski definition) is 4. The van der Waals surface area contributed by atoms with Gasteiger partial charge in [-0.2, -0.15) is 5.10 Å². The molecule has 3 aromatic rings. The summed E-state index contributed by atoms with van der Waals surface area (Å²) in [4.78, 5) is 15.0. The minimum Gasteiger partial charge on any atom is -0.461 e. The van der Waals surface area contributed by atoms with E-state index in [-0.39, 0.29) is 5.91 Å². The summed E-state index contributed by atoms with van der Waals surface area (Å²) in [7, 11) is 0. The maximum atomic E-state index is 13.2. The predicted molar refractivity (Wildman–Crippen MR) is 97.8 cm³/mol. The van der Waals surface area contributed by atoms with E-state index >= 15 is 0 Å². The van der Waals surface area contributed by atoms with Crippen molar-refractivity contribution >= 4 is 16.9 Å². The van der Waals surface area contributed by atoms with Crippen molar-refractivity contribution < 1.29 is 14.3 Å². The molecule has 1 aromatic carbocycles. The van der Waals surface area contributed by atoms with E-state index < -0.39 is 6.10 Å².